The van der Waals surface area contributed by atoms with Gasteiger partial charge in [0.2, 0.25) is 0 Å². The molecule has 0 amide bonds. The molecule has 0 heterocycles. The summed E-state index contributed by atoms with van der Waals surface area (Å²) in [5.41, 5.74) is 2.47. The summed E-state index contributed by atoms with van der Waals surface area (Å²) in [4.78, 5) is 0. The maximum Gasteiger partial charge on any atom is -0.00316 e. The van der Waals surface area contributed by atoms with Crippen LogP contribution in [-0.4, -0.2) is 0 Å². The highest BCUT2D eigenvalue weighted by Crippen LogP contribution is 2.15. The van der Waals surface area contributed by atoms with Crippen molar-refractivity contribution in [2.45, 2.75) is 41.0 Å². The van der Waals surface area contributed by atoms with E-state index in [-0.39, 0.29) is 0 Å². The Labute approximate surface area is 102 Å². The SMILES string of the molecule is C=C1C=CC=C/C(=C/C=C\C)C1.CC.CC. The zero-order valence-corrected chi connectivity index (χ0v) is 11.5. The molecule has 1 rings (SSSR count). The van der Waals surface area contributed by atoms with E-state index in [0.717, 1.165) is 12.0 Å². The van der Waals surface area contributed by atoms with Crippen LogP contribution in [0, 0.1) is 0 Å². The molecule has 0 atom stereocenters. The third kappa shape index (κ3) is 9.26. The van der Waals surface area contributed by atoms with Gasteiger partial charge in [-0.15, -0.1) is 0 Å². The molecule has 0 heteroatoms. The third-order valence-electron chi connectivity index (χ3n) is 1.69. The summed E-state index contributed by atoms with van der Waals surface area (Å²) >= 11 is 0. The van der Waals surface area contributed by atoms with Gasteiger partial charge in [-0.2, -0.15) is 0 Å². The quantitative estimate of drug-likeness (QED) is 0.536. The highest BCUT2D eigenvalue weighted by molar-refractivity contribution is 5.37. The van der Waals surface area contributed by atoms with E-state index in [4.69, 9.17) is 0 Å². The Morgan fingerprint density at radius 1 is 1.06 bits per heavy atom. The van der Waals surface area contributed by atoms with Crippen molar-refractivity contribution in [2.24, 2.45) is 0 Å². The van der Waals surface area contributed by atoms with E-state index in [0.29, 0.717) is 0 Å². The predicted octanol–water partition coefficient (Wildman–Crippen LogP) is 5.61. The molecule has 0 saturated heterocycles. The molecule has 16 heavy (non-hydrogen) atoms. The summed E-state index contributed by atoms with van der Waals surface area (Å²) in [7, 11) is 0. The van der Waals surface area contributed by atoms with E-state index in [9.17, 15) is 0 Å². The number of hydrogen-bond acceptors (Lipinski definition) is 0. The van der Waals surface area contributed by atoms with Crippen LogP contribution in [0.5, 0.6) is 0 Å². The maximum atomic E-state index is 3.94. The Kier molecular flexibility index (Phi) is 14.6. The minimum absolute atomic E-state index is 0.956. The lowest BCUT2D eigenvalue weighted by Crippen LogP contribution is -1.78. The van der Waals surface area contributed by atoms with Gasteiger partial charge in [0, 0.05) is 0 Å². The van der Waals surface area contributed by atoms with Gasteiger partial charge in [-0.05, 0) is 18.9 Å². The van der Waals surface area contributed by atoms with Crippen LogP contribution in [-0.2, 0) is 0 Å². The molecular formula is C16H26. The Hall–Kier alpha value is -1.30. The maximum absolute atomic E-state index is 3.94. The summed E-state index contributed by atoms with van der Waals surface area (Å²) in [6, 6.07) is 0. The lowest BCUT2D eigenvalue weighted by molar-refractivity contribution is 1.23. The fraction of sp³-hybridized carbons (Fsp3) is 0.375. The minimum atomic E-state index is 0.956. The highest BCUT2D eigenvalue weighted by Gasteiger charge is 1.95. The van der Waals surface area contributed by atoms with Crippen LogP contribution in [0.15, 0.2) is 60.3 Å². The second kappa shape index (κ2) is 13.7. The van der Waals surface area contributed by atoms with Gasteiger partial charge >= 0.3 is 0 Å². The molecular weight excluding hydrogens is 192 g/mol. The second-order valence-corrected chi connectivity index (χ2v) is 2.82. The lowest BCUT2D eigenvalue weighted by atomic mass is 10.1. The Bertz CT molecular complexity index is 272. The molecule has 0 N–H and O–H groups in total. The van der Waals surface area contributed by atoms with Gasteiger partial charge in [0.15, 0.2) is 0 Å². The van der Waals surface area contributed by atoms with Crippen molar-refractivity contribution < 1.29 is 0 Å². The standard InChI is InChI=1S/C12H14.2C2H6/c1-3-4-8-12-9-6-5-7-11(2)10-12;2*1-2/h3-9H,2,10H2,1H3;2*1-2H3/b4-3-,12-8-;;. The van der Waals surface area contributed by atoms with Crippen LogP contribution in [0.3, 0.4) is 0 Å². The number of rotatable bonds is 1. The van der Waals surface area contributed by atoms with Gasteiger partial charge in [0.05, 0.1) is 0 Å². The first-order valence-corrected chi connectivity index (χ1v) is 6.17. The zero-order chi connectivity index (χ0) is 12.8. The summed E-state index contributed by atoms with van der Waals surface area (Å²) in [6.45, 7) is 14.0. The van der Waals surface area contributed by atoms with Crippen molar-refractivity contribution in [2.75, 3.05) is 0 Å². The van der Waals surface area contributed by atoms with Crippen LogP contribution in [0.4, 0.5) is 0 Å². The van der Waals surface area contributed by atoms with Crippen molar-refractivity contribution >= 4 is 0 Å². The molecule has 0 spiro atoms. The fourth-order valence-corrected chi connectivity index (χ4v) is 1.09. The van der Waals surface area contributed by atoms with E-state index in [1.54, 1.807) is 0 Å². The minimum Gasteiger partial charge on any atom is -0.0955 e. The molecule has 0 aromatic rings. The van der Waals surface area contributed by atoms with Crippen LogP contribution >= 0.6 is 0 Å². The van der Waals surface area contributed by atoms with Gasteiger partial charge in [-0.3, -0.25) is 0 Å². The first-order chi connectivity index (χ1) is 7.83. The molecule has 0 aromatic heterocycles. The van der Waals surface area contributed by atoms with Crippen LogP contribution in [0.2, 0.25) is 0 Å². The van der Waals surface area contributed by atoms with Crippen molar-refractivity contribution in [3.8, 4) is 0 Å². The van der Waals surface area contributed by atoms with Gasteiger partial charge in [0.25, 0.3) is 0 Å². The summed E-state index contributed by atoms with van der Waals surface area (Å²) in [5, 5.41) is 0. The first-order valence-electron chi connectivity index (χ1n) is 6.17. The van der Waals surface area contributed by atoms with Gasteiger partial charge < -0.3 is 0 Å². The average Bonchev–Trinajstić information content (AvgIpc) is 2.56. The smallest absolute Gasteiger partial charge is 0.00316 e. The molecule has 0 unspecified atom stereocenters. The molecule has 90 valence electrons. The Morgan fingerprint density at radius 2 is 1.62 bits per heavy atom. The summed E-state index contributed by atoms with van der Waals surface area (Å²) in [5.74, 6) is 0. The lowest BCUT2D eigenvalue weighted by Gasteiger charge is -1.97. The molecule has 0 bridgehead atoms. The number of hydrogen-bond donors (Lipinski definition) is 0. The van der Waals surface area contributed by atoms with Gasteiger partial charge in [-0.1, -0.05) is 82.4 Å². The molecule has 0 aromatic carbocycles. The molecule has 1 aliphatic carbocycles. The molecule has 1 aliphatic rings. The van der Waals surface area contributed by atoms with Gasteiger partial charge in [0.1, 0.15) is 0 Å². The Morgan fingerprint density at radius 3 is 2.19 bits per heavy atom. The first kappa shape index (κ1) is 17.1. The van der Waals surface area contributed by atoms with E-state index >= 15 is 0 Å². The van der Waals surface area contributed by atoms with Crippen molar-refractivity contribution in [3.05, 3.63) is 60.3 Å². The fourth-order valence-electron chi connectivity index (χ4n) is 1.09. The van der Waals surface area contributed by atoms with Crippen LogP contribution in [0.1, 0.15) is 41.0 Å². The molecule has 0 aliphatic heterocycles. The van der Waals surface area contributed by atoms with Crippen molar-refractivity contribution in [1.29, 1.82) is 0 Å². The van der Waals surface area contributed by atoms with Crippen molar-refractivity contribution in [1.82, 2.24) is 0 Å². The topological polar surface area (TPSA) is 0 Å². The highest BCUT2D eigenvalue weighted by atomic mass is 14.0. The zero-order valence-electron chi connectivity index (χ0n) is 11.5. The third-order valence-corrected chi connectivity index (χ3v) is 1.69. The summed E-state index contributed by atoms with van der Waals surface area (Å²) in [6.07, 6.45) is 15.4. The van der Waals surface area contributed by atoms with E-state index in [2.05, 4.69) is 24.8 Å². The largest absolute Gasteiger partial charge is 0.0955 e. The molecule has 0 fully saturated rings. The summed E-state index contributed by atoms with van der Waals surface area (Å²) < 4.78 is 0. The van der Waals surface area contributed by atoms with E-state index < -0.39 is 0 Å². The Balaban J connectivity index is 0. The second-order valence-electron chi connectivity index (χ2n) is 2.82. The van der Waals surface area contributed by atoms with Crippen molar-refractivity contribution in [3.63, 3.8) is 0 Å². The van der Waals surface area contributed by atoms with Gasteiger partial charge in [-0.25, -0.2) is 0 Å². The van der Waals surface area contributed by atoms with E-state index in [1.807, 2.05) is 58.9 Å². The molecule has 0 nitrogen and oxygen atoms in total. The van der Waals surface area contributed by atoms with Crippen LogP contribution in [0.25, 0.3) is 0 Å². The van der Waals surface area contributed by atoms with E-state index in [1.165, 1.54) is 5.57 Å². The molecule has 0 saturated carbocycles. The number of allylic oxidation sites excluding steroid dienone is 9. The monoisotopic (exact) mass is 218 g/mol. The van der Waals surface area contributed by atoms with Crippen LogP contribution < -0.4 is 0 Å². The predicted molar refractivity (Wildman–Crippen MR) is 77.6 cm³/mol. The normalized spacial score (nSPS) is 16.3. The average molecular weight is 218 g/mol. The molecule has 0 radical (unpaired) electrons.